The van der Waals surface area contributed by atoms with Gasteiger partial charge in [0.2, 0.25) is 0 Å². The summed E-state index contributed by atoms with van der Waals surface area (Å²) in [6.07, 6.45) is 5.07. The Bertz CT molecular complexity index is 1230. The molecule has 0 aliphatic carbocycles. The number of hydrogen-bond donors (Lipinski definition) is 2. The number of aromatic nitrogens is 3. The molecule has 1 unspecified atom stereocenters. The lowest BCUT2D eigenvalue weighted by atomic mass is 10.0. The van der Waals surface area contributed by atoms with Gasteiger partial charge in [0.05, 0.1) is 27.5 Å². The van der Waals surface area contributed by atoms with E-state index >= 15 is 0 Å². The lowest BCUT2D eigenvalue weighted by Crippen LogP contribution is -2.31. The summed E-state index contributed by atoms with van der Waals surface area (Å²) in [4.78, 5) is 24.6. The van der Waals surface area contributed by atoms with Gasteiger partial charge in [-0.15, -0.1) is 11.3 Å². The molecule has 0 fully saturated rings. The second kappa shape index (κ2) is 7.66. The Kier molecular flexibility index (Phi) is 4.89. The molecular formula is C21H16N6OS. The van der Waals surface area contributed by atoms with E-state index in [1.165, 1.54) is 11.3 Å². The van der Waals surface area contributed by atoms with Gasteiger partial charge >= 0.3 is 6.03 Å². The molecule has 3 aromatic heterocycles. The lowest BCUT2D eigenvalue weighted by Gasteiger charge is -2.07. The molecular weight excluding hydrogens is 384 g/mol. The van der Waals surface area contributed by atoms with Crippen LogP contribution in [0.25, 0.3) is 32.6 Å². The number of rotatable bonds is 4. The van der Waals surface area contributed by atoms with Gasteiger partial charge in [0.1, 0.15) is 11.1 Å². The number of carbonyl (C=O) groups excluding carboxylic acids is 1. The number of urea groups is 1. The predicted octanol–water partition coefficient (Wildman–Crippen LogP) is 4.02. The number of nitrogens with zero attached hydrogens (tertiary/aromatic N) is 4. The van der Waals surface area contributed by atoms with Crippen molar-refractivity contribution in [3.63, 3.8) is 0 Å². The first-order valence-corrected chi connectivity index (χ1v) is 9.64. The Morgan fingerprint density at radius 2 is 2.10 bits per heavy atom. The fraction of sp³-hybridized carbons (Fsp3) is 0.0952. The Morgan fingerprint density at radius 1 is 1.24 bits per heavy atom. The maximum absolute atomic E-state index is 11.2. The highest BCUT2D eigenvalue weighted by atomic mass is 32.1. The molecule has 3 heterocycles. The first-order chi connectivity index (χ1) is 14.0. The zero-order valence-electron chi connectivity index (χ0n) is 15.5. The molecule has 0 bridgehead atoms. The Morgan fingerprint density at radius 3 is 2.76 bits per heavy atom. The number of fused-ring (bicyclic) bond motifs is 1. The minimum Gasteiger partial charge on any atom is -0.352 e. The van der Waals surface area contributed by atoms with Crippen molar-refractivity contribution in [2.75, 3.05) is 0 Å². The summed E-state index contributed by atoms with van der Waals surface area (Å²) in [5, 5.41) is 12.5. The Labute approximate surface area is 170 Å². The zero-order valence-corrected chi connectivity index (χ0v) is 16.3. The van der Waals surface area contributed by atoms with E-state index in [4.69, 9.17) is 16.0 Å². The summed E-state index contributed by atoms with van der Waals surface area (Å²) in [6.45, 7) is 1.84. The van der Waals surface area contributed by atoms with Crippen molar-refractivity contribution in [2.24, 2.45) is 5.73 Å². The smallest absolute Gasteiger partial charge is 0.312 e. The molecule has 4 aromatic rings. The van der Waals surface area contributed by atoms with Crippen molar-refractivity contribution in [3.05, 3.63) is 65.6 Å². The number of nitrogens with one attached hydrogen (secondary N) is 1. The van der Waals surface area contributed by atoms with E-state index in [0.717, 1.165) is 37.6 Å². The fourth-order valence-electron chi connectivity index (χ4n) is 3.02. The molecule has 0 aliphatic rings. The number of pyridine rings is 2. The van der Waals surface area contributed by atoms with Crippen LogP contribution in [-0.4, -0.2) is 21.0 Å². The lowest BCUT2D eigenvalue weighted by molar-refractivity contribution is 0.246. The summed E-state index contributed by atoms with van der Waals surface area (Å²) in [5.41, 5.74) is 10.1. The molecule has 0 saturated carbocycles. The van der Waals surface area contributed by atoms with Gasteiger partial charge in [-0.1, -0.05) is 6.07 Å². The van der Waals surface area contributed by atoms with Crippen LogP contribution in [0.2, 0.25) is 0 Å². The van der Waals surface area contributed by atoms with E-state index in [1.54, 1.807) is 24.7 Å². The normalized spacial score (nSPS) is 11.7. The van der Waals surface area contributed by atoms with Crippen molar-refractivity contribution in [3.8, 4) is 28.5 Å². The summed E-state index contributed by atoms with van der Waals surface area (Å²) in [5.74, 6) is 0. The maximum atomic E-state index is 11.2. The third kappa shape index (κ3) is 3.77. The molecule has 7 nitrogen and oxygen atoms in total. The second-order valence-electron chi connectivity index (χ2n) is 6.44. The molecule has 0 saturated heterocycles. The van der Waals surface area contributed by atoms with Crippen molar-refractivity contribution < 1.29 is 4.79 Å². The third-order valence-electron chi connectivity index (χ3n) is 4.40. The number of hydrogen-bond acceptors (Lipinski definition) is 6. The quantitative estimate of drug-likeness (QED) is 0.536. The van der Waals surface area contributed by atoms with Crippen LogP contribution < -0.4 is 11.1 Å². The van der Waals surface area contributed by atoms with Gasteiger partial charge in [0, 0.05) is 29.7 Å². The van der Waals surface area contributed by atoms with Crippen molar-refractivity contribution >= 4 is 27.6 Å². The van der Waals surface area contributed by atoms with Gasteiger partial charge < -0.3 is 11.1 Å². The van der Waals surface area contributed by atoms with Crippen molar-refractivity contribution in [1.29, 1.82) is 5.26 Å². The largest absolute Gasteiger partial charge is 0.352 e. The van der Waals surface area contributed by atoms with Crippen molar-refractivity contribution in [2.45, 2.75) is 13.0 Å². The highest BCUT2D eigenvalue weighted by molar-refractivity contribution is 7.19. The molecule has 3 N–H and O–H groups in total. The zero-order chi connectivity index (χ0) is 20.4. The number of nitriles is 1. The van der Waals surface area contributed by atoms with E-state index < -0.39 is 6.03 Å². The van der Waals surface area contributed by atoms with Crippen LogP contribution in [0, 0.1) is 11.3 Å². The molecule has 2 amide bonds. The molecule has 8 heteroatoms. The molecule has 0 aliphatic heterocycles. The number of nitrogens with two attached hydrogens (primary N) is 1. The topological polar surface area (TPSA) is 118 Å². The first kappa shape index (κ1) is 18.5. The van der Waals surface area contributed by atoms with Gasteiger partial charge in [-0.2, -0.15) is 5.26 Å². The van der Waals surface area contributed by atoms with Crippen LogP contribution in [0.5, 0.6) is 0 Å². The molecule has 1 atom stereocenters. The van der Waals surface area contributed by atoms with Crippen LogP contribution >= 0.6 is 11.3 Å². The first-order valence-electron chi connectivity index (χ1n) is 8.82. The maximum Gasteiger partial charge on any atom is 0.312 e. The van der Waals surface area contributed by atoms with Crippen LogP contribution in [0.4, 0.5) is 4.79 Å². The van der Waals surface area contributed by atoms with Gasteiger partial charge in [0.25, 0.3) is 0 Å². The monoisotopic (exact) mass is 400 g/mol. The second-order valence-corrected chi connectivity index (χ2v) is 7.47. The summed E-state index contributed by atoms with van der Waals surface area (Å²) >= 11 is 1.48. The van der Waals surface area contributed by atoms with Crippen molar-refractivity contribution in [1.82, 2.24) is 20.3 Å². The highest BCUT2D eigenvalue weighted by Crippen LogP contribution is 2.37. The van der Waals surface area contributed by atoms with E-state index in [9.17, 15) is 4.79 Å². The SMILES string of the molecule is CC(NC(N)=O)c1nc2cc(-c3cccnc3)cc(-c3ccc(C#N)cn3)c2s1. The summed E-state index contributed by atoms with van der Waals surface area (Å²) < 4.78 is 0.947. The molecule has 0 radical (unpaired) electrons. The highest BCUT2D eigenvalue weighted by Gasteiger charge is 2.17. The summed E-state index contributed by atoms with van der Waals surface area (Å²) in [6, 6.07) is 12.6. The van der Waals surface area contributed by atoms with Gasteiger partial charge in [-0.05, 0) is 42.8 Å². The number of carbonyl (C=O) groups is 1. The molecule has 1 aromatic carbocycles. The molecule has 29 heavy (non-hydrogen) atoms. The van der Waals surface area contributed by atoms with Crippen LogP contribution in [0.3, 0.4) is 0 Å². The average Bonchev–Trinajstić information content (AvgIpc) is 3.18. The van der Waals surface area contributed by atoms with Gasteiger partial charge in [-0.25, -0.2) is 9.78 Å². The van der Waals surface area contributed by atoms with E-state index in [2.05, 4.69) is 21.4 Å². The standard InChI is InChI=1S/C21H16N6OS/c1-12(26-21(23)28)20-27-18-8-15(14-3-2-6-24-11-14)7-16(19(18)29-20)17-5-4-13(9-22)10-25-17/h2-8,10-12H,1H3,(H3,23,26,28). The van der Waals surface area contributed by atoms with E-state index in [1.807, 2.05) is 37.3 Å². The predicted molar refractivity (Wildman–Crippen MR) is 112 cm³/mol. The van der Waals surface area contributed by atoms with Gasteiger partial charge in [0.15, 0.2) is 0 Å². The Hall–Kier alpha value is -3.83. The number of thiazole rings is 1. The van der Waals surface area contributed by atoms with Crippen LogP contribution in [0.1, 0.15) is 23.5 Å². The minimum atomic E-state index is -0.596. The Balaban J connectivity index is 1.91. The van der Waals surface area contributed by atoms with E-state index in [0.29, 0.717) is 5.56 Å². The number of primary amides is 1. The third-order valence-corrected chi connectivity index (χ3v) is 5.69. The molecule has 4 rings (SSSR count). The molecule has 0 spiro atoms. The van der Waals surface area contributed by atoms with E-state index in [-0.39, 0.29) is 6.04 Å². The average molecular weight is 400 g/mol. The van der Waals surface area contributed by atoms with Crippen LogP contribution in [0.15, 0.2) is 55.0 Å². The fourth-order valence-corrected chi connectivity index (χ4v) is 4.09. The van der Waals surface area contributed by atoms with Gasteiger partial charge in [-0.3, -0.25) is 9.97 Å². The van der Waals surface area contributed by atoms with Crippen LogP contribution in [-0.2, 0) is 0 Å². The minimum absolute atomic E-state index is 0.312. The summed E-state index contributed by atoms with van der Waals surface area (Å²) in [7, 11) is 0. The molecule has 142 valence electrons. The number of amides is 2. The number of benzene rings is 1.